The average Bonchev–Trinajstić information content (AvgIpc) is 3.70. The second-order valence-corrected chi connectivity index (χ2v) is 12.1. The zero-order valence-corrected chi connectivity index (χ0v) is 25.8. The van der Waals surface area contributed by atoms with Gasteiger partial charge in [-0.2, -0.15) is 15.0 Å². The Morgan fingerprint density at radius 3 is 2.68 bits per heavy atom. The fraction of sp³-hybridized carbons (Fsp3) is 0.312. The molecule has 0 saturated carbocycles. The summed E-state index contributed by atoms with van der Waals surface area (Å²) in [6, 6.07) is 11.0. The molecule has 4 heterocycles. The average molecular weight is 616 g/mol. The standard InChI is InChI=1S/C32H31ClFN7O3/c1-32(2,3)30-36-23(44-39-30)12-13-24(42)41-15-14-19(17-41)40(4)29-21-16-35-27(26(34)28(21)37-31(38-29)43-5)20-10-6-8-18-9-7-11-22(33)25(18)20/h6-13,16,19H,14-15,17H2,1-5H3/b13-12+. The van der Waals surface area contributed by atoms with Crippen LogP contribution in [0.25, 0.3) is 39.0 Å². The van der Waals surface area contributed by atoms with Gasteiger partial charge in [0.05, 0.1) is 12.5 Å². The number of carbonyl (C=O) groups is 1. The molecule has 12 heteroatoms. The Morgan fingerprint density at radius 2 is 1.95 bits per heavy atom. The Labute approximate surface area is 258 Å². The molecule has 3 aromatic heterocycles. The third kappa shape index (κ3) is 5.43. The number of ether oxygens (including phenoxy) is 1. The first kappa shape index (κ1) is 29.4. The van der Waals surface area contributed by atoms with Crippen molar-refractivity contribution in [2.75, 3.05) is 32.1 Å². The Bertz CT molecular complexity index is 1910. The zero-order valence-electron chi connectivity index (χ0n) is 25.0. The van der Waals surface area contributed by atoms with E-state index < -0.39 is 5.82 Å². The highest BCUT2D eigenvalue weighted by molar-refractivity contribution is 6.36. The molecular weight excluding hydrogens is 585 g/mol. The first-order valence-corrected chi connectivity index (χ1v) is 14.5. The van der Waals surface area contributed by atoms with E-state index in [9.17, 15) is 4.79 Å². The maximum atomic E-state index is 16.3. The van der Waals surface area contributed by atoms with Crippen LogP contribution in [0.1, 0.15) is 38.9 Å². The highest BCUT2D eigenvalue weighted by Gasteiger charge is 2.31. The molecule has 5 aromatic rings. The van der Waals surface area contributed by atoms with Crippen LogP contribution in [0, 0.1) is 5.82 Å². The van der Waals surface area contributed by atoms with Gasteiger partial charge in [-0.25, -0.2) is 4.39 Å². The zero-order chi connectivity index (χ0) is 31.2. The van der Waals surface area contributed by atoms with Crippen LogP contribution in [0.3, 0.4) is 0 Å². The largest absolute Gasteiger partial charge is 0.467 e. The Balaban J connectivity index is 1.28. The number of carbonyl (C=O) groups excluding carboxylic acids is 1. The second kappa shape index (κ2) is 11.5. The number of likely N-dealkylation sites (tertiary alicyclic amines) is 1. The summed E-state index contributed by atoms with van der Waals surface area (Å²) in [7, 11) is 3.30. The molecule has 6 rings (SSSR count). The molecule has 1 amide bonds. The van der Waals surface area contributed by atoms with Crippen molar-refractivity contribution < 1.29 is 18.4 Å². The lowest BCUT2D eigenvalue weighted by Gasteiger charge is -2.27. The normalized spacial score (nSPS) is 15.5. The molecule has 0 aliphatic carbocycles. The molecule has 1 unspecified atom stereocenters. The van der Waals surface area contributed by atoms with Gasteiger partial charge in [-0.1, -0.05) is 67.9 Å². The molecule has 10 nitrogen and oxygen atoms in total. The number of rotatable bonds is 6. The molecule has 0 bridgehead atoms. The lowest BCUT2D eigenvalue weighted by molar-refractivity contribution is -0.124. The van der Waals surface area contributed by atoms with Crippen LogP contribution in [0.5, 0.6) is 6.01 Å². The molecule has 1 aliphatic heterocycles. The molecule has 1 saturated heterocycles. The predicted molar refractivity (Wildman–Crippen MR) is 167 cm³/mol. The maximum absolute atomic E-state index is 16.3. The van der Waals surface area contributed by atoms with Gasteiger partial charge in [0.15, 0.2) is 11.6 Å². The van der Waals surface area contributed by atoms with Crippen LogP contribution >= 0.6 is 11.6 Å². The summed E-state index contributed by atoms with van der Waals surface area (Å²) in [4.78, 5) is 34.5. The molecule has 1 atom stereocenters. The van der Waals surface area contributed by atoms with Crippen molar-refractivity contribution in [3.63, 3.8) is 0 Å². The van der Waals surface area contributed by atoms with Crippen molar-refractivity contribution in [3.8, 4) is 17.3 Å². The Hall–Kier alpha value is -4.64. The highest BCUT2D eigenvalue weighted by atomic mass is 35.5. The van der Waals surface area contributed by atoms with Crippen LogP contribution in [-0.2, 0) is 10.2 Å². The van der Waals surface area contributed by atoms with Gasteiger partial charge in [0.1, 0.15) is 17.0 Å². The van der Waals surface area contributed by atoms with E-state index in [2.05, 4.69) is 25.1 Å². The lowest BCUT2D eigenvalue weighted by atomic mass is 9.96. The quantitative estimate of drug-likeness (QED) is 0.210. The maximum Gasteiger partial charge on any atom is 0.318 e. The van der Waals surface area contributed by atoms with E-state index in [1.807, 2.05) is 57.0 Å². The Kier molecular flexibility index (Phi) is 7.66. The smallest absolute Gasteiger partial charge is 0.318 e. The number of hydrogen-bond acceptors (Lipinski definition) is 9. The van der Waals surface area contributed by atoms with E-state index in [0.717, 1.165) is 5.39 Å². The minimum Gasteiger partial charge on any atom is -0.467 e. The summed E-state index contributed by atoms with van der Waals surface area (Å²) in [6.45, 7) is 6.93. The predicted octanol–water partition coefficient (Wildman–Crippen LogP) is 6.08. The van der Waals surface area contributed by atoms with E-state index in [1.54, 1.807) is 23.2 Å². The number of pyridine rings is 1. The third-order valence-corrected chi connectivity index (χ3v) is 8.09. The van der Waals surface area contributed by atoms with Crippen molar-refractivity contribution in [1.29, 1.82) is 0 Å². The number of benzene rings is 2. The van der Waals surface area contributed by atoms with Gasteiger partial charge in [-0.05, 0) is 17.9 Å². The number of methoxy groups -OCH3 is 1. The summed E-state index contributed by atoms with van der Waals surface area (Å²) in [5.74, 6) is 0.521. The van der Waals surface area contributed by atoms with Gasteiger partial charge in [0, 0.05) is 65.9 Å². The second-order valence-electron chi connectivity index (χ2n) is 11.7. The van der Waals surface area contributed by atoms with E-state index in [0.29, 0.717) is 52.5 Å². The topological polar surface area (TPSA) is 110 Å². The number of amides is 1. The first-order valence-electron chi connectivity index (χ1n) is 14.2. The van der Waals surface area contributed by atoms with E-state index in [-0.39, 0.29) is 40.5 Å². The summed E-state index contributed by atoms with van der Waals surface area (Å²) >= 11 is 6.53. The van der Waals surface area contributed by atoms with Crippen LogP contribution in [0.2, 0.25) is 5.02 Å². The van der Waals surface area contributed by atoms with Crippen molar-refractivity contribution in [2.45, 2.75) is 38.6 Å². The van der Waals surface area contributed by atoms with Crippen LogP contribution < -0.4 is 9.64 Å². The van der Waals surface area contributed by atoms with Gasteiger partial charge in [0.2, 0.25) is 5.91 Å². The molecule has 0 N–H and O–H groups in total. The van der Waals surface area contributed by atoms with Gasteiger partial charge >= 0.3 is 6.01 Å². The summed E-state index contributed by atoms with van der Waals surface area (Å²) < 4.78 is 26.9. The lowest BCUT2D eigenvalue weighted by Crippen LogP contribution is -2.36. The molecule has 0 spiro atoms. The fourth-order valence-electron chi connectivity index (χ4n) is 5.35. The van der Waals surface area contributed by atoms with Crippen molar-refractivity contribution >= 4 is 51.1 Å². The number of nitrogens with zero attached hydrogens (tertiary/aromatic N) is 7. The summed E-state index contributed by atoms with van der Waals surface area (Å²) in [5, 5.41) is 6.50. The molecule has 1 aliphatic rings. The van der Waals surface area contributed by atoms with Gasteiger partial charge < -0.3 is 19.1 Å². The minimum atomic E-state index is -0.603. The van der Waals surface area contributed by atoms with Crippen molar-refractivity contribution in [3.05, 3.63) is 71.2 Å². The number of fused-ring (bicyclic) bond motifs is 2. The third-order valence-electron chi connectivity index (χ3n) is 7.77. The summed E-state index contributed by atoms with van der Waals surface area (Å²) in [5.41, 5.74) is 0.513. The molecule has 0 radical (unpaired) electrons. The van der Waals surface area contributed by atoms with Crippen LogP contribution in [0.4, 0.5) is 10.2 Å². The number of anilines is 1. The number of likely N-dealkylation sites (N-methyl/N-ethyl adjacent to an activating group) is 1. The number of aromatic nitrogens is 5. The fourth-order valence-corrected chi connectivity index (χ4v) is 5.63. The van der Waals surface area contributed by atoms with Crippen molar-refractivity contribution in [2.24, 2.45) is 0 Å². The summed E-state index contributed by atoms with van der Waals surface area (Å²) in [6.07, 6.45) is 5.22. The highest BCUT2D eigenvalue weighted by Crippen LogP contribution is 2.37. The van der Waals surface area contributed by atoms with Gasteiger partial charge in [0.25, 0.3) is 5.89 Å². The number of hydrogen-bond donors (Lipinski definition) is 0. The van der Waals surface area contributed by atoms with Gasteiger partial charge in [-0.15, -0.1) is 0 Å². The molecule has 44 heavy (non-hydrogen) atoms. The Morgan fingerprint density at radius 1 is 1.18 bits per heavy atom. The molecule has 226 valence electrons. The SMILES string of the molecule is COc1nc(N(C)C2CCN(C(=O)/C=C/c3nc(C(C)(C)C)no3)C2)c2cnc(-c3cccc4cccc(Cl)c34)c(F)c2n1. The van der Waals surface area contributed by atoms with Crippen molar-refractivity contribution in [1.82, 2.24) is 30.0 Å². The van der Waals surface area contributed by atoms with E-state index in [1.165, 1.54) is 19.3 Å². The number of halogens is 2. The molecular formula is C32H31ClFN7O3. The van der Waals surface area contributed by atoms with Gasteiger partial charge in [-0.3, -0.25) is 9.78 Å². The molecule has 2 aromatic carbocycles. The first-order chi connectivity index (χ1) is 21.0. The van der Waals surface area contributed by atoms with E-state index >= 15 is 4.39 Å². The minimum absolute atomic E-state index is 0.0226. The molecule has 1 fully saturated rings. The van der Waals surface area contributed by atoms with Crippen LogP contribution in [0.15, 0.2) is 53.2 Å². The van der Waals surface area contributed by atoms with E-state index in [4.69, 9.17) is 20.9 Å². The monoisotopic (exact) mass is 615 g/mol. The van der Waals surface area contributed by atoms with Crippen LogP contribution in [-0.4, -0.2) is 69.2 Å².